The highest BCUT2D eigenvalue weighted by Gasteiger charge is 2.25. The third-order valence-corrected chi connectivity index (χ3v) is 5.91. The first-order chi connectivity index (χ1) is 15.6. The molecule has 10 heteroatoms. The van der Waals surface area contributed by atoms with Crippen molar-refractivity contribution >= 4 is 28.4 Å². The number of halogens is 1. The first-order valence-electron chi connectivity index (χ1n) is 10.6. The number of hydrogen-bond donors (Lipinski definition) is 2. The van der Waals surface area contributed by atoms with Crippen LogP contribution < -0.4 is 11.1 Å². The molecule has 2 fully saturated rings. The van der Waals surface area contributed by atoms with Crippen LogP contribution in [0.4, 0.5) is 10.2 Å². The van der Waals surface area contributed by atoms with Crippen LogP contribution in [0.1, 0.15) is 35.7 Å². The molecule has 166 valence electrons. The van der Waals surface area contributed by atoms with Gasteiger partial charge in [0, 0.05) is 36.5 Å². The predicted octanol–water partition coefficient (Wildman–Crippen LogP) is 2.97. The fourth-order valence-electron chi connectivity index (χ4n) is 3.76. The van der Waals surface area contributed by atoms with E-state index in [1.165, 1.54) is 6.20 Å². The van der Waals surface area contributed by atoms with Crippen molar-refractivity contribution in [1.29, 1.82) is 0 Å². The molecule has 3 N–H and O–H groups in total. The third-order valence-electron chi connectivity index (χ3n) is 5.91. The SMILES string of the molecule is CNc1cc(-c2cn(C3COC3)c3ncccc23)nc2c(C(N)=O)cnn12.FC1CCC1. The molecule has 1 amide bonds. The first kappa shape index (κ1) is 20.4. The number of nitrogens with zero attached hydrogens (tertiary/aromatic N) is 5. The van der Waals surface area contributed by atoms with Crippen LogP contribution in [-0.2, 0) is 4.74 Å². The van der Waals surface area contributed by atoms with E-state index in [1.54, 1.807) is 17.8 Å². The minimum Gasteiger partial charge on any atom is -0.377 e. The van der Waals surface area contributed by atoms with Gasteiger partial charge in [-0.05, 0) is 31.4 Å². The third kappa shape index (κ3) is 3.46. The van der Waals surface area contributed by atoms with E-state index in [9.17, 15) is 9.18 Å². The van der Waals surface area contributed by atoms with Gasteiger partial charge in [0.1, 0.15) is 23.2 Å². The monoisotopic (exact) mass is 437 g/mol. The summed E-state index contributed by atoms with van der Waals surface area (Å²) in [5.41, 5.74) is 8.71. The zero-order chi connectivity index (χ0) is 22.2. The van der Waals surface area contributed by atoms with Crippen molar-refractivity contribution < 1.29 is 13.9 Å². The Kier molecular flexibility index (Phi) is 5.22. The van der Waals surface area contributed by atoms with Gasteiger partial charge in [0.25, 0.3) is 5.91 Å². The molecule has 0 spiro atoms. The normalized spacial score (nSPS) is 16.3. The highest BCUT2D eigenvalue weighted by Crippen LogP contribution is 2.34. The van der Waals surface area contributed by atoms with Crippen molar-refractivity contribution in [3.05, 3.63) is 42.4 Å². The largest absolute Gasteiger partial charge is 0.377 e. The lowest BCUT2D eigenvalue weighted by Crippen LogP contribution is -2.30. The molecule has 0 aromatic carbocycles. The first-order valence-corrected chi connectivity index (χ1v) is 10.6. The number of carbonyl (C=O) groups excluding carboxylic acids is 1. The number of nitrogens with two attached hydrogens (primary N) is 1. The van der Waals surface area contributed by atoms with E-state index in [0.717, 1.165) is 35.9 Å². The maximum absolute atomic E-state index is 11.8. The molecule has 0 atom stereocenters. The minimum atomic E-state index is -0.563. The fourth-order valence-corrected chi connectivity index (χ4v) is 3.76. The van der Waals surface area contributed by atoms with Gasteiger partial charge in [0.15, 0.2) is 5.65 Å². The summed E-state index contributed by atoms with van der Waals surface area (Å²) in [5, 5.41) is 8.31. The van der Waals surface area contributed by atoms with E-state index in [0.29, 0.717) is 30.4 Å². The van der Waals surface area contributed by atoms with Crippen molar-refractivity contribution in [3.63, 3.8) is 0 Å². The summed E-state index contributed by atoms with van der Waals surface area (Å²) in [6, 6.07) is 6.08. The van der Waals surface area contributed by atoms with Crippen molar-refractivity contribution in [2.75, 3.05) is 25.6 Å². The van der Waals surface area contributed by atoms with E-state index in [-0.39, 0.29) is 11.6 Å². The van der Waals surface area contributed by atoms with Gasteiger partial charge in [0.05, 0.1) is 31.1 Å². The molecule has 0 unspecified atom stereocenters. The predicted molar refractivity (Wildman–Crippen MR) is 118 cm³/mol. The molecule has 4 aromatic rings. The minimum absolute atomic E-state index is 0.264. The number of amides is 1. The number of ether oxygens (including phenoxy) is 1. The maximum atomic E-state index is 11.8. The standard InChI is InChI=1S/C18H17N7O2.C4H7F/c1-20-15-5-14(23-18-12(16(19)26)6-22-25(15)18)13-7-24(10-8-27-9-10)17-11(13)3-2-4-21-17;5-4-2-1-3-4/h2-7,10,20H,8-9H2,1H3,(H2,19,26);4H,1-3H2. The van der Waals surface area contributed by atoms with Gasteiger partial charge in [-0.1, -0.05) is 0 Å². The second-order valence-electron chi connectivity index (χ2n) is 7.98. The second kappa shape index (κ2) is 8.19. The summed E-state index contributed by atoms with van der Waals surface area (Å²) >= 11 is 0. The number of pyridine rings is 1. The quantitative estimate of drug-likeness (QED) is 0.508. The van der Waals surface area contributed by atoms with Crippen LogP contribution in [0.15, 0.2) is 36.8 Å². The van der Waals surface area contributed by atoms with Crippen LogP contribution in [0, 0.1) is 0 Å². The van der Waals surface area contributed by atoms with Gasteiger partial charge in [-0.2, -0.15) is 9.61 Å². The zero-order valence-electron chi connectivity index (χ0n) is 17.7. The Morgan fingerprint density at radius 2 is 2.09 bits per heavy atom. The summed E-state index contributed by atoms with van der Waals surface area (Å²) < 4.78 is 20.6. The molecule has 5 heterocycles. The van der Waals surface area contributed by atoms with Gasteiger partial charge in [-0.3, -0.25) is 4.79 Å². The van der Waals surface area contributed by atoms with E-state index < -0.39 is 12.1 Å². The van der Waals surface area contributed by atoms with Crippen molar-refractivity contribution in [2.45, 2.75) is 31.5 Å². The topological polar surface area (TPSA) is 112 Å². The Balaban J connectivity index is 0.000000383. The Hall–Kier alpha value is -3.53. The number of alkyl halides is 1. The Morgan fingerprint density at radius 3 is 2.69 bits per heavy atom. The molecular weight excluding hydrogens is 413 g/mol. The average molecular weight is 437 g/mol. The van der Waals surface area contributed by atoms with Crippen LogP contribution in [0.2, 0.25) is 0 Å². The number of aromatic nitrogens is 5. The van der Waals surface area contributed by atoms with E-state index in [2.05, 4.69) is 25.0 Å². The summed E-state index contributed by atoms with van der Waals surface area (Å²) in [4.78, 5) is 21.0. The molecule has 0 radical (unpaired) electrons. The number of rotatable bonds is 4. The van der Waals surface area contributed by atoms with Crippen molar-refractivity contribution in [2.24, 2.45) is 5.73 Å². The number of anilines is 1. The van der Waals surface area contributed by atoms with Crippen molar-refractivity contribution in [3.8, 4) is 11.3 Å². The van der Waals surface area contributed by atoms with Crippen LogP contribution in [0.3, 0.4) is 0 Å². The lowest BCUT2D eigenvalue weighted by molar-refractivity contribution is -0.0215. The van der Waals surface area contributed by atoms with Crippen LogP contribution in [0.25, 0.3) is 27.9 Å². The summed E-state index contributed by atoms with van der Waals surface area (Å²) in [6.07, 6.45) is 7.58. The smallest absolute Gasteiger partial charge is 0.254 e. The van der Waals surface area contributed by atoms with Gasteiger partial charge < -0.3 is 20.4 Å². The highest BCUT2D eigenvalue weighted by molar-refractivity contribution is 6.00. The van der Waals surface area contributed by atoms with Crippen LogP contribution in [-0.4, -0.2) is 56.5 Å². The molecule has 32 heavy (non-hydrogen) atoms. The Bertz CT molecular complexity index is 1290. The molecule has 9 nitrogen and oxygen atoms in total. The summed E-state index contributed by atoms with van der Waals surface area (Å²) in [5.74, 6) is 0.145. The van der Waals surface area contributed by atoms with E-state index in [1.807, 2.05) is 24.4 Å². The van der Waals surface area contributed by atoms with Crippen LogP contribution in [0.5, 0.6) is 0 Å². The van der Waals surface area contributed by atoms with Gasteiger partial charge in [-0.25, -0.2) is 14.4 Å². The highest BCUT2D eigenvalue weighted by atomic mass is 19.1. The van der Waals surface area contributed by atoms with E-state index in [4.69, 9.17) is 10.5 Å². The zero-order valence-corrected chi connectivity index (χ0v) is 17.7. The molecule has 1 saturated carbocycles. The molecular formula is C22H24FN7O2. The number of nitrogens with one attached hydrogen (secondary N) is 1. The fraction of sp³-hybridized carbons (Fsp3) is 0.364. The Morgan fingerprint density at radius 1 is 1.31 bits per heavy atom. The molecule has 1 aliphatic heterocycles. The van der Waals surface area contributed by atoms with Crippen molar-refractivity contribution in [1.82, 2.24) is 24.1 Å². The molecule has 6 rings (SSSR count). The summed E-state index contributed by atoms with van der Waals surface area (Å²) in [7, 11) is 1.79. The summed E-state index contributed by atoms with van der Waals surface area (Å²) in [6.45, 7) is 1.34. The molecule has 0 bridgehead atoms. The molecule has 1 saturated heterocycles. The number of carbonyl (C=O) groups is 1. The maximum Gasteiger partial charge on any atom is 0.254 e. The number of primary amides is 1. The van der Waals surface area contributed by atoms with Gasteiger partial charge in [0.2, 0.25) is 0 Å². The number of hydrogen-bond acceptors (Lipinski definition) is 6. The average Bonchev–Trinajstić information content (AvgIpc) is 3.33. The molecule has 2 aliphatic rings. The lowest BCUT2D eigenvalue weighted by Gasteiger charge is -2.27. The second-order valence-corrected chi connectivity index (χ2v) is 7.98. The molecule has 4 aromatic heterocycles. The Labute approximate surface area is 183 Å². The van der Waals surface area contributed by atoms with Gasteiger partial charge in [-0.15, -0.1) is 0 Å². The van der Waals surface area contributed by atoms with Crippen LogP contribution >= 0.6 is 0 Å². The van der Waals surface area contributed by atoms with E-state index >= 15 is 0 Å². The number of fused-ring (bicyclic) bond motifs is 2. The van der Waals surface area contributed by atoms with Gasteiger partial charge >= 0.3 is 0 Å². The lowest BCUT2D eigenvalue weighted by atomic mass is 9.98. The molecule has 1 aliphatic carbocycles.